The summed E-state index contributed by atoms with van der Waals surface area (Å²) in [4.78, 5) is 31.0. The molecule has 0 amide bonds. The van der Waals surface area contributed by atoms with Crippen LogP contribution in [-0.2, 0) is 20.7 Å². The van der Waals surface area contributed by atoms with Crippen LogP contribution in [0.4, 0.5) is 0 Å². The number of ketones is 2. The fourth-order valence-electron chi connectivity index (χ4n) is 4.14. The van der Waals surface area contributed by atoms with E-state index in [1.54, 1.807) is 45.9 Å². The number of carbonyl (C=O) groups is 2. The Bertz CT molecular complexity index is 1220. The monoisotopic (exact) mass is 491 g/mol. The quantitative estimate of drug-likeness (QED) is 0.376. The van der Waals surface area contributed by atoms with Gasteiger partial charge in [0.2, 0.25) is 0 Å². The predicted octanol–water partition coefficient (Wildman–Crippen LogP) is 6.77. The fourth-order valence-corrected chi connectivity index (χ4v) is 5.70. The highest BCUT2D eigenvalue weighted by atomic mass is 35.5. The van der Waals surface area contributed by atoms with E-state index in [4.69, 9.17) is 32.7 Å². The SMILES string of the molecule is CCc1ccc(Oc2nc3c(Cl)cc(Cl)cc3s2)cc1C1C(=O)C(C)(C)OC(C)(C)C1=O. The molecule has 0 aliphatic carbocycles. The molecule has 1 aromatic heterocycles. The lowest BCUT2D eigenvalue weighted by atomic mass is 9.73. The average molecular weight is 492 g/mol. The molecule has 1 fully saturated rings. The number of rotatable bonds is 4. The van der Waals surface area contributed by atoms with Gasteiger partial charge in [-0.05, 0) is 69.5 Å². The maximum Gasteiger partial charge on any atom is 0.279 e. The Labute approximate surface area is 200 Å². The van der Waals surface area contributed by atoms with Crippen molar-refractivity contribution in [3.05, 3.63) is 51.5 Å². The minimum atomic E-state index is -1.08. The van der Waals surface area contributed by atoms with Crippen molar-refractivity contribution in [3.8, 4) is 10.9 Å². The number of ether oxygens (including phenoxy) is 2. The molecule has 8 heteroatoms. The lowest BCUT2D eigenvalue weighted by Crippen LogP contribution is -2.58. The number of hydrogen-bond donors (Lipinski definition) is 0. The second-order valence-corrected chi connectivity index (χ2v) is 10.7. The van der Waals surface area contributed by atoms with Crippen molar-refractivity contribution >= 4 is 56.3 Å². The summed E-state index contributed by atoms with van der Waals surface area (Å²) >= 11 is 13.7. The van der Waals surface area contributed by atoms with E-state index in [2.05, 4.69) is 4.98 Å². The van der Waals surface area contributed by atoms with E-state index >= 15 is 0 Å². The van der Waals surface area contributed by atoms with Crippen molar-refractivity contribution in [2.75, 3.05) is 0 Å². The summed E-state index contributed by atoms with van der Waals surface area (Å²) in [6.45, 7) is 8.82. The topological polar surface area (TPSA) is 65.5 Å². The first-order valence-electron chi connectivity index (χ1n) is 10.3. The Morgan fingerprint density at radius 1 is 1.06 bits per heavy atom. The highest BCUT2D eigenvalue weighted by Gasteiger charge is 2.53. The van der Waals surface area contributed by atoms with E-state index in [9.17, 15) is 9.59 Å². The lowest BCUT2D eigenvalue weighted by Gasteiger charge is -2.43. The van der Waals surface area contributed by atoms with Gasteiger partial charge in [-0.3, -0.25) is 9.59 Å². The normalized spacial score (nSPS) is 18.3. The summed E-state index contributed by atoms with van der Waals surface area (Å²) < 4.78 is 12.7. The molecule has 4 rings (SSSR count). The molecule has 168 valence electrons. The molecule has 2 heterocycles. The van der Waals surface area contributed by atoms with Gasteiger partial charge in [-0.2, -0.15) is 0 Å². The predicted molar refractivity (Wildman–Crippen MR) is 128 cm³/mol. The molecule has 0 bridgehead atoms. The summed E-state index contributed by atoms with van der Waals surface area (Å²) in [6, 6.07) is 8.88. The minimum Gasteiger partial charge on any atom is -0.431 e. The highest BCUT2D eigenvalue weighted by molar-refractivity contribution is 7.20. The van der Waals surface area contributed by atoms with Crippen LogP contribution in [0.5, 0.6) is 10.9 Å². The van der Waals surface area contributed by atoms with E-state index in [0.717, 1.165) is 10.3 Å². The first kappa shape index (κ1) is 23.2. The number of hydrogen-bond acceptors (Lipinski definition) is 6. The van der Waals surface area contributed by atoms with Crippen LogP contribution < -0.4 is 4.74 Å². The van der Waals surface area contributed by atoms with Gasteiger partial charge in [-0.15, -0.1) is 0 Å². The first-order valence-corrected chi connectivity index (χ1v) is 11.9. The number of aromatic nitrogens is 1. The number of nitrogens with zero attached hydrogens (tertiary/aromatic N) is 1. The van der Waals surface area contributed by atoms with Crippen LogP contribution in [0.15, 0.2) is 30.3 Å². The number of halogens is 2. The molecule has 1 aliphatic heterocycles. The van der Waals surface area contributed by atoms with Crippen LogP contribution in [-0.4, -0.2) is 27.8 Å². The first-order chi connectivity index (χ1) is 14.9. The van der Waals surface area contributed by atoms with Crippen molar-refractivity contribution in [1.82, 2.24) is 4.98 Å². The molecule has 0 atom stereocenters. The zero-order chi connectivity index (χ0) is 23.4. The van der Waals surface area contributed by atoms with E-state index in [1.807, 2.05) is 19.1 Å². The molecular weight excluding hydrogens is 469 g/mol. The molecule has 0 radical (unpaired) electrons. The summed E-state index contributed by atoms with van der Waals surface area (Å²) in [7, 11) is 0. The van der Waals surface area contributed by atoms with Gasteiger partial charge in [0.1, 0.15) is 28.4 Å². The van der Waals surface area contributed by atoms with Crippen LogP contribution >= 0.6 is 34.5 Å². The van der Waals surface area contributed by atoms with Gasteiger partial charge in [0.05, 0.1) is 9.72 Å². The highest BCUT2D eigenvalue weighted by Crippen LogP contribution is 2.42. The summed E-state index contributed by atoms with van der Waals surface area (Å²) in [5, 5.41) is 1.36. The average Bonchev–Trinajstić information content (AvgIpc) is 3.09. The van der Waals surface area contributed by atoms with Crippen LogP contribution in [0.1, 0.15) is 51.7 Å². The van der Waals surface area contributed by atoms with Crippen molar-refractivity contribution in [2.24, 2.45) is 0 Å². The Morgan fingerprint density at radius 2 is 1.72 bits per heavy atom. The molecule has 0 N–H and O–H groups in total. The molecule has 0 unspecified atom stereocenters. The van der Waals surface area contributed by atoms with Gasteiger partial charge < -0.3 is 9.47 Å². The van der Waals surface area contributed by atoms with Gasteiger partial charge in [-0.25, -0.2) is 4.98 Å². The Kier molecular flexibility index (Phi) is 5.87. The van der Waals surface area contributed by atoms with Crippen molar-refractivity contribution in [1.29, 1.82) is 0 Å². The fraction of sp³-hybridized carbons (Fsp3) is 0.375. The summed E-state index contributed by atoms with van der Waals surface area (Å²) in [5.74, 6) is -0.942. The van der Waals surface area contributed by atoms with Crippen LogP contribution in [0.25, 0.3) is 10.2 Å². The van der Waals surface area contributed by atoms with Gasteiger partial charge in [0.25, 0.3) is 5.19 Å². The third-order valence-electron chi connectivity index (χ3n) is 5.63. The van der Waals surface area contributed by atoms with E-state index in [0.29, 0.717) is 38.5 Å². The zero-order valence-corrected chi connectivity index (χ0v) is 20.7. The molecule has 0 saturated carbocycles. The van der Waals surface area contributed by atoms with Crippen molar-refractivity contribution < 1.29 is 19.1 Å². The molecular formula is C24H23Cl2NO4S. The largest absolute Gasteiger partial charge is 0.431 e. The zero-order valence-electron chi connectivity index (χ0n) is 18.4. The smallest absolute Gasteiger partial charge is 0.279 e. The van der Waals surface area contributed by atoms with Crippen molar-refractivity contribution in [2.45, 2.75) is 58.2 Å². The number of thiazole rings is 1. The Balaban J connectivity index is 1.76. The van der Waals surface area contributed by atoms with E-state index in [-0.39, 0.29) is 11.6 Å². The van der Waals surface area contributed by atoms with Crippen LogP contribution in [0, 0.1) is 0 Å². The molecule has 0 spiro atoms. The molecule has 1 saturated heterocycles. The third kappa shape index (κ3) is 4.05. The Morgan fingerprint density at radius 3 is 2.34 bits per heavy atom. The maximum absolute atomic E-state index is 13.2. The third-order valence-corrected chi connectivity index (χ3v) is 7.02. The van der Waals surface area contributed by atoms with E-state index < -0.39 is 17.1 Å². The Hall–Kier alpha value is -1.99. The standard InChI is InChI=1S/C24H23Cl2NO4S/c1-6-12-7-8-14(30-22-27-19-16(26)9-13(25)10-17(19)32-22)11-15(12)18-20(28)23(2,3)31-24(4,5)21(18)29/h7-11,18H,6H2,1-5H3. The molecule has 1 aliphatic rings. The van der Waals surface area contributed by atoms with Gasteiger partial charge >= 0.3 is 0 Å². The van der Waals surface area contributed by atoms with Gasteiger partial charge in [0, 0.05) is 5.02 Å². The van der Waals surface area contributed by atoms with Crippen molar-refractivity contribution in [3.63, 3.8) is 0 Å². The molecule has 2 aromatic carbocycles. The number of aryl methyl sites for hydroxylation is 1. The molecule has 32 heavy (non-hydrogen) atoms. The van der Waals surface area contributed by atoms with Gasteiger partial charge in [0.15, 0.2) is 11.6 Å². The molecule has 3 aromatic rings. The number of carbonyl (C=O) groups excluding carboxylic acids is 2. The van der Waals surface area contributed by atoms with Crippen LogP contribution in [0.3, 0.4) is 0 Å². The summed E-state index contributed by atoms with van der Waals surface area (Å²) in [5.41, 5.74) is 0.0167. The number of Topliss-reactive ketones (excluding diaryl/α,β-unsaturated/α-hetero) is 2. The minimum absolute atomic E-state index is 0.255. The number of fused-ring (bicyclic) bond motifs is 1. The van der Waals surface area contributed by atoms with E-state index in [1.165, 1.54) is 11.3 Å². The summed E-state index contributed by atoms with van der Waals surface area (Å²) in [6.07, 6.45) is 0.670. The second-order valence-electron chi connectivity index (χ2n) is 8.81. The number of benzene rings is 2. The lowest BCUT2D eigenvalue weighted by molar-refractivity contribution is -0.184. The second kappa shape index (κ2) is 8.10. The van der Waals surface area contributed by atoms with Gasteiger partial charge in [-0.1, -0.05) is 47.5 Å². The maximum atomic E-state index is 13.2. The molecule has 5 nitrogen and oxygen atoms in total. The van der Waals surface area contributed by atoms with Crippen LogP contribution in [0.2, 0.25) is 10.0 Å².